The Morgan fingerprint density at radius 3 is 2.80 bits per heavy atom. The molecule has 0 bridgehead atoms. The molecule has 0 spiro atoms. The third-order valence-electron chi connectivity index (χ3n) is 3.05. The van der Waals surface area contributed by atoms with Crippen molar-refractivity contribution in [3.05, 3.63) is 0 Å². The highest BCUT2D eigenvalue weighted by atomic mass is 32.2. The second-order valence-electron chi connectivity index (χ2n) is 4.79. The van der Waals surface area contributed by atoms with Crippen molar-refractivity contribution in [1.29, 1.82) is 0 Å². The van der Waals surface area contributed by atoms with Gasteiger partial charge < -0.3 is 10.2 Å². The predicted molar refractivity (Wildman–Crippen MR) is 70.7 cm³/mol. The van der Waals surface area contributed by atoms with Gasteiger partial charge in [0.1, 0.15) is 0 Å². The van der Waals surface area contributed by atoms with Gasteiger partial charge in [-0.3, -0.25) is 0 Å². The van der Waals surface area contributed by atoms with E-state index in [-0.39, 0.29) is 0 Å². The van der Waals surface area contributed by atoms with Gasteiger partial charge in [0.15, 0.2) is 0 Å². The number of hydrogen-bond donors (Lipinski definition) is 1. The van der Waals surface area contributed by atoms with Gasteiger partial charge in [-0.15, -0.1) is 0 Å². The van der Waals surface area contributed by atoms with E-state index in [4.69, 9.17) is 0 Å². The number of nitrogens with one attached hydrogen (secondary N) is 1. The third-order valence-corrected chi connectivity index (χ3v) is 4.42. The maximum absolute atomic E-state index is 3.71. The van der Waals surface area contributed by atoms with E-state index in [0.29, 0.717) is 0 Å². The van der Waals surface area contributed by atoms with Gasteiger partial charge >= 0.3 is 0 Å². The molecule has 0 saturated carbocycles. The molecule has 2 unspecified atom stereocenters. The summed E-state index contributed by atoms with van der Waals surface area (Å²) in [7, 11) is 4.29. The smallest absolute Gasteiger partial charge is 0.0184 e. The topological polar surface area (TPSA) is 15.3 Å². The highest BCUT2D eigenvalue weighted by Gasteiger charge is 2.20. The minimum Gasteiger partial charge on any atom is -0.313 e. The van der Waals surface area contributed by atoms with E-state index in [9.17, 15) is 0 Å². The van der Waals surface area contributed by atoms with Gasteiger partial charge in [-0.25, -0.2) is 0 Å². The number of hydrogen-bond acceptors (Lipinski definition) is 3. The van der Waals surface area contributed by atoms with Crippen LogP contribution in [0.25, 0.3) is 0 Å². The first-order valence-corrected chi connectivity index (χ1v) is 7.24. The first-order valence-electron chi connectivity index (χ1n) is 6.20. The van der Waals surface area contributed by atoms with Gasteiger partial charge in [0.05, 0.1) is 0 Å². The molecular formula is C12H26N2S. The molecule has 1 aliphatic heterocycles. The Bertz CT molecular complexity index is 162. The maximum atomic E-state index is 3.71. The SMILES string of the molecule is CC1SCCCC1NCCCCN(C)C. The molecule has 1 heterocycles. The highest BCUT2D eigenvalue weighted by Crippen LogP contribution is 2.24. The molecule has 0 aliphatic carbocycles. The predicted octanol–water partition coefficient (Wildman–Crippen LogP) is 2.20. The van der Waals surface area contributed by atoms with Crippen LogP contribution in [0.2, 0.25) is 0 Å². The molecule has 15 heavy (non-hydrogen) atoms. The third kappa shape index (κ3) is 5.79. The van der Waals surface area contributed by atoms with Gasteiger partial charge in [0.25, 0.3) is 0 Å². The lowest BCUT2D eigenvalue weighted by atomic mass is 10.1. The molecule has 0 radical (unpaired) electrons. The second kappa shape index (κ2) is 7.53. The number of thioether (sulfide) groups is 1. The average molecular weight is 230 g/mol. The maximum Gasteiger partial charge on any atom is 0.0184 e. The lowest BCUT2D eigenvalue weighted by Gasteiger charge is -2.29. The van der Waals surface area contributed by atoms with Gasteiger partial charge in [0, 0.05) is 11.3 Å². The Kier molecular flexibility index (Phi) is 6.69. The molecule has 3 heteroatoms. The van der Waals surface area contributed by atoms with E-state index >= 15 is 0 Å². The molecule has 0 aromatic carbocycles. The molecule has 0 amide bonds. The van der Waals surface area contributed by atoms with E-state index in [2.05, 4.69) is 43.0 Å². The van der Waals surface area contributed by atoms with Crippen molar-refractivity contribution < 1.29 is 0 Å². The highest BCUT2D eigenvalue weighted by molar-refractivity contribution is 7.99. The minimum atomic E-state index is 0.767. The Labute approximate surface area is 99.2 Å². The molecule has 1 saturated heterocycles. The van der Waals surface area contributed by atoms with Crippen molar-refractivity contribution in [3.8, 4) is 0 Å². The van der Waals surface area contributed by atoms with E-state index in [0.717, 1.165) is 11.3 Å². The normalized spacial score (nSPS) is 27.2. The lowest BCUT2D eigenvalue weighted by Crippen LogP contribution is -2.39. The van der Waals surface area contributed by atoms with Crippen LogP contribution in [0.15, 0.2) is 0 Å². The number of rotatable bonds is 6. The summed E-state index contributed by atoms with van der Waals surface area (Å²) in [6.07, 6.45) is 5.40. The summed E-state index contributed by atoms with van der Waals surface area (Å²) in [4.78, 5) is 2.26. The van der Waals surface area contributed by atoms with Crippen LogP contribution in [0.1, 0.15) is 32.6 Å². The molecular weight excluding hydrogens is 204 g/mol. The first-order chi connectivity index (χ1) is 7.20. The molecule has 1 fully saturated rings. The zero-order chi connectivity index (χ0) is 11.1. The van der Waals surface area contributed by atoms with Crippen LogP contribution in [0.4, 0.5) is 0 Å². The van der Waals surface area contributed by atoms with E-state index in [1.165, 1.54) is 44.5 Å². The second-order valence-corrected chi connectivity index (χ2v) is 6.27. The van der Waals surface area contributed by atoms with Crippen molar-refractivity contribution >= 4 is 11.8 Å². The van der Waals surface area contributed by atoms with Crippen LogP contribution >= 0.6 is 11.8 Å². The zero-order valence-electron chi connectivity index (χ0n) is 10.5. The molecule has 2 atom stereocenters. The van der Waals surface area contributed by atoms with Gasteiger partial charge in [0.2, 0.25) is 0 Å². The molecule has 1 N–H and O–H groups in total. The summed E-state index contributed by atoms with van der Waals surface area (Å²) < 4.78 is 0. The van der Waals surface area contributed by atoms with Crippen molar-refractivity contribution in [1.82, 2.24) is 10.2 Å². The van der Waals surface area contributed by atoms with Gasteiger partial charge in [-0.2, -0.15) is 11.8 Å². The fourth-order valence-corrected chi connectivity index (χ4v) is 3.20. The minimum absolute atomic E-state index is 0.767. The fraction of sp³-hybridized carbons (Fsp3) is 1.00. The van der Waals surface area contributed by atoms with Crippen LogP contribution in [-0.4, -0.2) is 49.1 Å². The number of nitrogens with zero attached hydrogens (tertiary/aromatic N) is 1. The zero-order valence-corrected chi connectivity index (χ0v) is 11.3. The molecule has 90 valence electrons. The molecule has 0 aromatic rings. The summed E-state index contributed by atoms with van der Waals surface area (Å²) in [5, 5.41) is 4.52. The summed E-state index contributed by atoms with van der Waals surface area (Å²) in [5.41, 5.74) is 0. The van der Waals surface area contributed by atoms with Crippen molar-refractivity contribution in [2.45, 2.75) is 43.9 Å². The first kappa shape index (κ1) is 13.3. The molecule has 2 nitrogen and oxygen atoms in total. The average Bonchev–Trinajstić information content (AvgIpc) is 2.20. The van der Waals surface area contributed by atoms with Gasteiger partial charge in [-0.05, 0) is 58.6 Å². The molecule has 0 aromatic heterocycles. The van der Waals surface area contributed by atoms with Crippen LogP contribution in [0, 0.1) is 0 Å². The van der Waals surface area contributed by atoms with Crippen LogP contribution in [0.5, 0.6) is 0 Å². The summed E-state index contributed by atoms with van der Waals surface area (Å²) in [6.45, 7) is 4.78. The fourth-order valence-electron chi connectivity index (χ4n) is 2.03. The van der Waals surface area contributed by atoms with Gasteiger partial charge in [-0.1, -0.05) is 6.92 Å². The molecule has 1 rings (SSSR count). The number of unbranched alkanes of at least 4 members (excludes halogenated alkanes) is 1. The summed E-state index contributed by atoms with van der Waals surface area (Å²) in [6, 6.07) is 0.767. The van der Waals surface area contributed by atoms with Crippen LogP contribution in [0.3, 0.4) is 0 Å². The van der Waals surface area contributed by atoms with Crippen molar-refractivity contribution in [3.63, 3.8) is 0 Å². The van der Waals surface area contributed by atoms with Crippen molar-refractivity contribution in [2.24, 2.45) is 0 Å². The largest absolute Gasteiger partial charge is 0.313 e. The monoisotopic (exact) mass is 230 g/mol. The van der Waals surface area contributed by atoms with Crippen LogP contribution < -0.4 is 5.32 Å². The molecule has 1 aliphatic rings. The van der Waals surface area contributed by atoms with E-state index in [1.54, 1.807) is 0 Å². The Morgan fingerprint density at radius 1 is 1.33 bits per heavy atom. The van der Waals surface area contributed by atoms with Crippen molar-refractivity contribution in [2.75, 3.05) is 32.9 Å². The van der Waals surface area contributed by atoms with E-state index in [1.807, 2.05) is 0 Å². The Morgan fingerprint density at radius 2 is 2.13 bits per heavy atom. The van der Waals surface area contributed by atoms with Crippen LogP contribution in [-0.2, 0) is 0 Å². The Balaban J connectivity index is 1.99. The quantitative estimate of drug-likeness (QED) is 0.704. The Hall–Kier alpha value is 0.270. The van der Waals surface area contributed by atoms with E-state index < -0.39 is 0 Å². The standard InChI is InChI=1S/C12H26N2S/c1-11-12(7-6-10-15-11)13-8-4-5-9-14(2)3/h11-13H,4-10H2,1-3H3. The summed E-state index contributed by atoms with van der Waals surface area (Å²) in [5.74, 6) is 1.36. The summed E-state index contributed by atoms with van der Waals surface area (Å²) >= 11 is 2.12. The lowest BCUT2D eigenvalue weighted by molar-refractivity contribution is 0.383.